The molecule has 160 valence electrons. The first-order valence-electron chi connectivity index (χ1n) is 11.1. The summed E-state index contributed by atoms with van der Waals surface area (Å²) in [5, 5.41) is 9.48. The molecule has 0 unspecified atom stereocenters. The molecule has 0 N–H and O–H groups in total. The van der Waals surface area contributed by atoms with Gasteiger partial charge in [0.25, 0.3) is 5.91 Å². The van der Waals surface area contributed by atoms with Gasteiger partial charge in [0.1, 0.15) is 11.9 Å². The van der Waals surface area contributed by atoms with Gasteiger partial charge in [0.2, 0.25) is 0 Å². The second kappa shape index (κ2) is 8.72. The van der Waals surface area contributed by atoms with Gasteiger partial charge >= 0.3 is 0 Å². The van der Waals surface area contributed by atoms with Crippen LogP contribution in [-0.4, -0.2) is 43.6 Å². The van der Waals surface area contributed by atoms with E-state index in [0.29, 0.717) is 17.7 Å². The van der Waals surface area contributed by atoms with E-state index in [1.807, 2.05) is 59.5 Å². The number of amides is 1. The van der Waals surface area contributed by atoms with Crippen molar-refractivity contribution in [2.24, 2.45) is 0 Å². The lowest BCUT2D eigenvalue weighted by Gasteiger charge is -2.27. The van der Waals surface area contributed by atoms with Gasteiger partial charge in [-0.05, 0) is 48.7 Å². The predicted molar refractivity (Wildman–Crippen MR) is 126 cm³/mol. The standard InChI is InChI=1S/C26H25N5O/c27-19-21-8-2-3-10-23(21)29-14-6-15-30(18-17-29)25-22(9-5-13-28-25)26(32)31-16-12-20-7-1-4-11-24(20)31/h1-5,7-11,13H,6,12,14-18H2. The van der Waals surface area contributed by atoms with Crippen LogP contribution >= 0.6 is 0 Å². The Bertz CT molecular complexity index is 1180. The maximum atomic E-state index is 13.5. The highest BCUT2D eigenvalue weighted by Crippen LogP contribution is 2.31. The van der Waals surface area contributed by atoms with E-state index in [0.717, 1.165) is 56.2 Å². The molecule has 2 aliphatic rings. The summed E-state index contributed by atoms with van der Waals surface area (Å²) in [6.07, 6.45) is 3.57. The fourth-order valence-corrected chi connectivity index (χ4v) is 4.72. The van der Waals surface area contributed by atoms with Crippen LogP contribution < -0.4 is 14.7 Å². The van der Waals surface area contributed by atoms with Crippen LogP contribution in [0.4, 0.5) is 17.2 Å². The normalized spacial score (nSPS) is 15.8. The SMILES string of the molecule is N#Cc1ccccc1N1CCCN(c2ncccc2C(=O)N2CCc3ccccc32)CC1. The van der Waals surface area contributed by atoms with Crippen LogP contribution in [-0.2, 0) is 6.42 Å². The molecule has 1 fully saturated rings. The molecule has 6 heteroatoms. The molecule has 0 bridgehead atoms. The number of pyridine rings is 1. The van der Waals surface area contributed by atoms with Crippen molar-refractivity contribution in [1.29, 1.82) is 5.26 Å². The molecular formula is C26H25N5O. The Morgan fingerprint density at radius 2 is 1.59 bits per heavy atom. The topological polar surface area (TPSA) is 63.5 Å². The average molecular weight is 424 g/mol. The first-order chi connectivity index (χ1) is 15.8. The molecule has 3 heterocycles. The zero-order valence-electron chi connectivity index (χ0n) is 17.9. The second-order valence-corrected chi connectivity index (χ2v) is 8.17. The number of benzene rings is 2. The van der Waals surface area contributed by atoms with Crippen molar-refractivity contribution in [3.63, 3.8) is 0 Å². The van der Waals surface area contributed by atoms with Gasteiger partial charge in [-0.25, -0.2) is 4.98 Å². The molecule has 1 saturated heterocycles. The smallest absolute Gasteiger partial charge is 0.262 e. The Hall–Kier alpha value is -3.85. The van der Waals surface area contributed by atoms with Gasteiger partial charge in [0, 0.05) is 44.6 Å². The molecule has 0 atom stereocenters. The molecule has 0 aliphatic carbocycles. The zero-order chi connectivity index (χ0) is 21.9. The quantitative estimate of drug-likeness (QED) is 0.640. The van der Waals surface area contributed by atoms with Crippen LogP contribution in [0.2, 0.25) is 0 Å². The third-order valence-electron chi connectivity index (χ3n) is 6.31. The number of carbonyl (C=O) groups is 1. The summed E-state index contributed by atoms with van der Waals surface area (Å²) in [6.45, 7) is 3.90. The molecule has 1 amide bonds. The number of rotatable bonds is 3. The Morgan fingerprint density at radius 1 is 0.844 bits per heavy atom. The van der Waals surface area contributed by atoms with Crippen molar-refractivity contribution in [2.75, 3.05) is 47.4 Å². The van der Waals surface area contributed by atoms with E-state index in [1.54, 1.807) is 6.20 Å². The maximum Gasteiger partial charge on any atom is 0.262 e. The van der Waals surface area contributed by atoms with Crippen molar-refractivity contribution in [3.8, 4) is 6.07 Å². The number of anilines is 3. The summed E-state index contributed by atoms with van der Waals surface area (Å²) in [4.78, 5) is 24.5. The molecule has 2 aromatic carbocycles. The van der Waals surface area contributed by atoms with E-state index in [1.165, 1.54) is 5.56 Å². The zero-order valence-corrected chi connectivity index (χ0v) is 17.9. The number of nitrogens with zero attached hydrogens (tertiary/aromatic N) is 5. The van der Waals surface area contributed by atoms with Crippen molar-refractivity contribution >= 4 is 23.1 Å². The lowest BCUT2D eigenvalue weighted by molar-refractivity contribution is 0.0989. The number of nitriles is 1. The Kier molecular flexibility index (Phi) is 5.47. The average Bonchev–Trinajstić information content (AvgIpc) is 3.13. The summed E-state index contributed by atoms with van der Waals surface area (Å²) in [6, 6.07) is 21.9. The first kappa shape index (κ1) is 20.1. The molecule has 5 rings (SSSR count). The van der Waals surface area contributed by atoms with Crippen LogP contribution in [0.5, 0.6) is 0 Å². The molecule has 1 aromatic heterocycles. The van der Waals surface area contributed by atoms with Crippen LogP contribution in [0.15, 0.2) is 66.9 Å². The second-order valence-electron chi connectivity index (χ2n) is 8.17. The van der Waals surface area contributed by atoms with Gasteiger partial charge in [-0.15, -0.1) is 0 Å². The van der Waals surface area contributed by atoms with E-state index in [-0.39, 0.29) is 5.91 Å². The summed E-state index contributed by atoms with van der Waals surface area (Å²) < 4.78 is 0. The summed E-state index contributed by atoms with van der Waals surface area (Å²) in [7, 11) is 0. The Morgan fingerprint density at radius 3 is 2.47 bits per heavy atom. The number of fused-ring (bicyclic) bond motifs is 1. The first-order valence-corrected chi connectivity index (χ1v) is 11.1. The highest BCUT2D eigenvalue weighted by atomic mass is 16.2. The third-order valence-corrected chi connectivity index (χ3v) is 6.31. The Labute approximate surface area is 188 Å². The van der Waals surface area contributed by atoms with E-state index in [9.17, 15) is 10.1 Å². The van der Waals surface area contributed by atoms with Crippen molar-refractivity contribution in [3.05, 3.63) is 83.6 Å². The fraction of sp³-hybridized carbons (Fsp3) is 0.269. The van der Waals surface area contributed by atoms with Gasteiger partial charge in [0.15, 0.2) is 0 Å². The van der Waals surface area contributed by atoms with Crippen LogP contribution in [0.1, 0.15) is 27.9 Å². The number of para-hydroxylation sites is 2. The molecular weight excluding hydrogens is 398 g/mol. The molecule has 32 heavy (non-hydrogen) atoms. The number of hydrogen-bond acceptors (Lipinski definition) is 5. The van der Waals surface area contributed by atoms with Crippen molar-refractivity contribution in [1.82, 2.24) is 4.98 Å². The van der Waals surface area contributed by atoms with Gasteiger partial charge < -0.3 is 14.7 Å². The van der Waals surface area contributed by atoms with Gasteiger partial charge in [-0.3, -0.25) is 4.79 Å². The van der Waals surface area contributed by atoms with Crippen molar-refractivity contribution < 1.29 is 4.79 Å². The van der Waals surface area contributed by atoms with E-state index in [2.05, 4.69) is 26.9 Å². The Balaban J connectivity index is 1.39. The highest BCUT2D eigenvalue weighted by Gasteiger charge is 2.29. The minimum atomic E-state index is 0.00831. The van der Waals surface area contributed by atoms with E-state index in [4.69, 9.17) is 0 Å². The van der Waals surface area contributed by atoms with Crippen molar-refractivity contribution in [2.45, 2.75) is 12.8 Å². The lowest BCUT2D eigenvalue weighted by Crippen LogP contribution is -2.35. The predicted octanol–water partition coefficient (Wildman–Crippen LogP) is 3.87. The molecule has 0 spiro atoms. The fourth-order valence-electron chi connectivity index (χ4n) is 4.72. The summed E-state index contributed by atoms with van der Waals surface area (Å²) >= 11 is 0. The maximum absolute atomic E-state index is 13.5. The largest absolute Gasteiger partial charge is 0.369 e. The summed E-state index contributed by atoms with van der Waals surface area (Å²) in [5.41, 5.74) is 4.54. The number of carbonyl (C=O) groups excluding carboxylic acids is 1. The van der Waals surface area contributed by atoms with Gasteiger partial charge in [-0.1, -0.05) is 30.3 Å². The molecule has 2 aliphatic heterocycles. The highest BCUT2D eigenvalue weighted by molar-refractivity contribution is 6.10. The third kappa shape index (κ3) is 3.67. The monoisotopic (exact) mass is 423 g/mol. The molecule has 6 nitrogen and oxygen atoms in total. The number of aromatic nitrogens is 1. The summed E-state index contributed by atoms with van der Waals surface area (Å²) in [5.74, 6) is 0.756. The molecule has 0 radical (unpaired) electrons. The van der Waals surface area contributed by atoms with Gasteiger partial charge in [-0.2, -0.15) is 5.26 Å². The van der Waals surface area contributed by atoms with Crippen LogP contribution in [0, 0.1) is 11.3 Å². The molecule has 0 saturated carbocycles. The van der Waals surface area contributed by atoms with Gasteiger partial charge in [0.05, 0.1) is 16.8 Å². The van der Waals surface area contributed by atoms with E-state index < -0.39 is 0 Å². The van der Waals surface area contributed by atoms with Crippen LogP contribution in [0.3, 0.4) is 0 Å². The number of hydrogen-bond donors (Lipinski definition) is 0. The minimum Gasteiger partial charge on any atom is -0.369 e. The van der Waals surface area contributed by atoms with Crippen LogP contribution in [0.25, 0.3) is 0 Å². The lowest BCUT2D eigenvalue weighted by atomic mass is 10.1. The minimum absolute atomic E-state index is 0.00831. The molecule has 3 aromatic rings. The van der Waals surface area contributed by atoms with E-state index >= 15 is 0 Å².